The third-order valence-corrected chi connectivity index (χ3v) is 2.28. The molecule has 0 bridgehead atoms. The number of halogens is 1. The van der Waals surface area contributed by atoms with E-state index in [9.17, 15) is 0 Å². The molecule has 2 aromatic heterocycles. The molecule has 0 aliphatic carbocycles. The van der Waals surface area contributed by atoms with Crippen molar-refractivity contribution in [2.75, 3.05) is 5.73 Å². The van der Waals surface area contributed by atoms with Gasteiger partial charge in [-0.2, -0.15) is 5.10 Å². The van der Waals surface area contributed by atoms with E-state index < -0.39 is 0 Å². The van der Waals surface area contributed by atoms with Crippen molar-refractivity contribution in [3.05, 3.63) is 16.6 Å². The molecular formula is C8H9ClN4O. The molecule has 0 aliphatic heterocycles. The van der Waals surface area contributed by atoms with Gasteiger partial charge >= 0.3 is 0 Å². The van der Waals surface area contributed by atoms with Gasteiger partial charge in [0.2, 0.25) is 5.89 Å². The summed E-state index contributed by atoms with van der Waals surface area (Å²) in [6.45, 7) is 3.68. The Labute approximate surface area is 85.3 Å². The number of rotatable bonds is 1. The number of aryl methyl sites for hydroxylation is 2. The minimum absolute atomic E-state index is 0.300. The summed E-state index contributed by atoms with van der Waals surface area (Å²) in [5.41, 5.74) is 7.29. The maximum absolute atomic E-state index is 5.71. The van der Waals surface area contributed by atoms with Crippen molar-refractivity contribution in [2.45, 2.75) is 13.8 Å². The summed E-state index contributed by atoms with van der Waals surface area (Å²) in [7, 11) is 0. The summed E-state index contributed by atoms with van der Waals surface area (Å²) in [4.78, 5) is 4.17. The maximum atomic E-state index is 5.71. The first-order chi connectivity index (χ1) is 6.59. The third-order valence-electron chi connectivity index (χ3n) is 1.99. The van der Waals surface area contributed by atoms with Crippen molar-refractivity contribution >= 4 is 17.3 Å². The highest BCUT2D eigenvalue weighted by molar-refractivity contribution is 6.32. The first-order valence-electron chi connectivity index (χ1n) is 4.03. The zero-order chi connectivity index (χ0) is 10.3. The Bertz CT molecular complexity index is 454. The molecule has 74 valence electrons. The summed E-state index contributed by atoms with van der Waals surface area (Å²) in [5.74, 6) is 1.14. The maximum Gasteiger partial charge on any atom is 0.249 e. The quantitative estimate of drug-likeness (QED) is 0.757. The first-order valence-corrected chi connectivity index (χ1v) is 4.41. The van der Waals surface area contributed by atoms with Crippen LogP contribution in [0.25, 0.3) is 11.6 Å². The van der Waals surface area contributed by atoms with Crippen LogP contribution in [0.1, 0.15) is 11.5 Å². The largest absolute Gasteiger partial charge is 0.440 e. The Balaban J connectivity index is 2.54. The molecule has 14 heavy (non-hydrogen) atoms. The van der Waals surface area contributed by atoms with Crippen molar-refractivity contribution in [3.8, 4) is 11.6 Å². The Kier molecular flexibility index (Phi) is 1.96. The zero-order valence-corrected chi connectivity index (χ0v) is 8.51. The summed E-state index contributed by atoms with van der Waals surface area (Å²) in [5, 5.41) is 6.76. The van der Waals surface area contributed by atoms with Crippen LogP contribution in [-0.2, 0) is 0 Å². The fourth-order valence-electron chi connectivity index (χ4n) is 1.07. The molecule has 0 atom stereocenters. The van der Waals surface area contributed by atoms with Crippen LogP contribution in [0.2, 0.25) is 5.15 Å². The molecule has 6 heteroatoms. The predicted octanol–water partition coefficient (Wildman–Crippen LogP) is 1.92. The lowest BCUT2D eigenvalue weighted by molar-refractivity contribution is 0.539. The molecular weight excluding hydrogens is 204 g/mol. The molecule has 0 amide bonds. The number of nitrogens with two attached hydrogens (primary N) is 1. The van der Waals surface area contributed by atoms with Crippen LogP contribution in [0.5, 0.6) is 0 Å². The Hall–Kier alpha value is -1.49. The molecule has 0 unspecified atom stereocenters. The number of nitrogens with zero attached hydrogens (tertiary/aromatic N) is 2. The molecule has 0 aromatic carbocycles. The molecule has 0 spiro atoms. The van der Waals surface area contributed by atoms with E-state index in [0.29, 0.717) is 22.4 Å². The second kappa shape index (κ2) is 3.02. The molecule has 2 rings (SSSR count). The Morgan fingerprint density at radius 2 is 2.14 bits per heavy atom. The van der Waals surface area contributed by atoms with Crippen LogP contribution in [-0.4, -0.2) is 15.2 Å². The summed E-state index contributed by atoms with van der Waals surface area (Å²) in [6.07, 6.45) is 0. The van der Waals surface area contributed by atoms with E-state index in [4.69, 9.17) is 21.8 Å². The highest BCUT2D eigenvalue weighted by Crippen LogP contribution is 2.29. The van der Waals surface area contributed by atoms with E-state index in [2.05, 4.69) is 15.2 Å². The topological polar surface area (TPSA) is 80.7 Å². The third kappa shape index (κ3) is 1.26. The van der Waals surface area contributed by atoms with Gasteiger partial charge in [0.05, 0.1) is 5.69 Å². The number of nitrogen functional groups attached to an aromatic ring is 1. The molecule has 0 saturated heterocycles. The van der Waals surface area contributed by atoms with E-state index in [1.807, 2.05) is 13.8 Å². The van der Waals surface area contributed by atoms with Gasteiger partial charge in [-0.15, -0.1) is 0 Å². The molecule has 0 saturated carbocycles. The lowest BCUT2D eigenvalue weighted by atomic mass is 10.4. The molecule has 0 radical (unpaired) electrons. The minimum atomic E-state index is 0.300. The number of anilines is 1. The molecule has 3 N–H and O–H groups in total. The smallest absolute Gasteiger partial charge is 0.249 e. The first kappa shape index (κ1) is 9.08. The van der Waals surface area contributed by atoms with Gasteiger partial charge in [-0.05, 0) is 13.8 Å². The van der Waals surface area contributed by atoms with Gasteiger partial charge in [0.1, 0.15) is 16.6 Å². The standard InChI is InChI=1S/C8H9ClN4O/c1-3-4(2)14-8(11-3)6-5(10)7(9)13-12-6/h10H2,1-2H3,(H,12,13). The van der Waals surface area contributed by atoms with Crippen LogP contribution in [0.15, 0.2) is 4.42 Å². The van der Waals surface area contributed by atoms with Crippen LogP contribution in [0.3, 0.4) is 0 Å². The Morgan fingerprint density at radius 3 is 2.57 bits per heavy atom. The number of aromatic nitrogens is 3. The molecule has 5 nitrogen and oxygen atoms in total. The van der Waals surface area contributed by atoms with Crippen molar-refractivity contribution in [2.24, 2.45) is 0 Å². The second-order valence-electron chi connectivity index (χ2n) is 2.96. The fraction of sp³-hybridized carbons (Fsp3) is 0.250. The van der Waals surface area contributed by atoms with Crippen molar-refractivity contribution in [1.29, 1.82) is 0 Å². The summed E-state index contributed by atoms with van der Waals surface area (Å²) in [6, 6.07) is 0. The van der Waals surface area contributed by atoms with Gasteiger partial charge in [0.25, 0.3) is 0 Å². The second-order valence-corrected chi connectivity index (χ2v) is 3.34. The van der Waals surface area contributed by atoms with Crippen LogP contribution in [0.4, 0.5) is 5.69 Å². The number of aromatic amines is 1. The highest BCUT2D eigenvalue weighted by Gasteiger charge is 2.16. The average Bonchev–Trinajstić information content (AvgIpc) is 2.61. The zero-order valence-electron chi connectivity index (χ0n) is 7.76. The van der Waals surface area contributed by atoms with Gasteiger partial charge in [-0.1, -0.05) is 11.6 Å². The number of nitrogens with one attached hydrogen (secondary N) is 1. The van der Waals surface area contributed by atoms with Crippen LogP contribution >= 0.6 is 11.6 Å². The summed E-state index contributed by atoms with van der Waals surface area (Å²) < 4.78 is 5.36. The lowest BCUT2D eigenvalue weighted by Gasteiger charge is -1.89. The van der Waals surface area contributed by atoms with Gasteiger partial charge in [0.15, 0.2) is 5.69 Å². The molecule has 0 aliphatic rings. The van der Waals surface area contributed by atoms with Gasteiger partial charge in [-0.25, -0.2) is 4.98 Å². The minimum Gasteiger partial charge on any atom is -0.440 e. The molecule has 2 aromatic rings. The van der Waals surface area contributed by atoms with Gasteiger partial charge in [-0.3, -0.25) is 5.10 Å². The summed E-state index contributed by atoms with van der Waals surface area (Å²) >= 11 is 5.71. The normalized spacial score (nSPS) is 10.8. The van der Waals surface area contributed by atoms with Crippen LogP contribution < -0.4 is 5.73 Å². The van der Waals surface area contributed by atoms with Gasteiger partial charge < -0.3 is 10.2 Å². The molecule has 2 heterocycles. The number of oxazole rings is 1. The lowest BCUT2D eigenvalue weighted by Crippen LogP contribution is -1.87. The van der Waals surface area contributed by atoms with Crippen LogP contribution in [0, 0.1) is 13.8 Å². The number of H-pyrrole nitrogens is 1. The van der Waals surface area contributed by atoms with E-state index in [1.54, 1.807) is 0 Å². The van der Waals surface area contributed by atoms with Crippen molar-refractivity contribution < 1.29 is 4.42 Å². The SMILES string of the molecule is Cc1nc(-c2n[nH]c(Cl)c2N)oc1C. The monoisotopic (exact) mass is 212 g/mol. The fourth-order valence-corrected chi connectivity index (χ4v) is 1.20. The van der Waals surface area contributed by atoms with Crippen molar-refractivity contribution in [3.63, 3.8) is 0 Å². The molecule has 0 fully saturated rings. The Morgan fingerprint density at radius 1 is 1.43 bits per heavy atom. The van der Waals surface area contributed by atoms with E-state index in [1.165, 1.54) is 0 Å². The van der Waals surface area contributed by atoms with Gasteiger partial charge in [0, 0.05) is 0 Å². The predicted molar refractivity (Wildman–Crippen MR) is 53.0 cm³/mol. The average molecular weight is 213 g/mol. The van der Waals surface area contributed by atoms with Crippen molar-refractivity contribution in [1.82, 2.24) is 15.2 Å². The van der Waals surface area contributed by atoms with E-state index in [-0.39, 0.29) is 0 Å². The van der Waals surface area contributed by atoms with E-state index in [0.717, 1.165) is 11.5 Å². The van der Waals surface area contributed by atoms with E-state index >= 15 is 0 Å². The number of hydrogen-bond donors (Lipinski definition) is 2. The number of hydrogen-bond acceptors (Lipinski definition) is 4. The highest BCUT2D eigenvalue weighted by atomic mass is 35.5.